The van der Waals surface area contributed by atoms with E-state index in [0.717, 1.165) is 25.7 Å². The molecular weight excluding hydrogens is 244 g/mol. The summed E-state index contributed by atoms with van der Waals surface area (Å²) < 4.78 is 0. The highest BCUT2D eigenvalue weighted by Gasteiger charge is 2.37. The molecule has 1 saturated heterocycles. The fourth-order valence-corrected chi connectivity index (χ4v) is 3.17. The topological polar surface area (TPSA) is 66.5 Å². The molecule has 0 bridgehead atoms. The molecule has 1 aliphatic carbocycles. The molecule has 0 aromatic rings. The molecule has 1 N–H and O–H groups in total. The van der Waals surface area contributed by atoms with Crippen molar-refractivity contribution in [3.05, 3.63) is 0 Å². The quantitative estimate of drug-likeness (QED) is 0.791. The zero-order valence-corrected chi connectivity index (χ0v) is 11.6. The van der Waals surface area contributed by atoms with Crippen LogP contribution in [0.1, 0.15) is 46.0 Å². The molecule has 5 heteroatoms. The normalized spacial score (nSPS) is 30.2. The van der Waals surface area contributed by atoms with Crippen molar-refractivity contribution in [2.45, 2.75) is 52.0 Å². The largest absolute Gasteiger partial charge is 0.325 e. The van der Waals surface area contributed by atoms with Gasteiger partial charge in [-0.2, -0.15) is 0 Å². The number of nitrogens with one attached hydrogen (secondary N) is 1. The molecule has 0 spiro atoms. The first kappa shape index (κ1) is 14.0. The zero-order chi connectivity index (χ0) is 14.0. The third-order valence-corrected chi connectivity index (χ3v) is 4.63. The minimum Gasteiger partial charge on any atom is -0.314 e. The van der Waals surface area contributed by atoms with E-state index in [1.54, 1.807) is 4.90 Å². The maximum absolute atomic E-state index is 11.8. The van der Waals surface area contributed by atoms with Crippen LogP contribution < -0.4 is 5.32 Å². The first-order valence-corrected chi connectivity index (χ1v) is 7.17. The van der Waals surface area contributed by atoms with Crippen molar-refractivity contribution in [3.63, 3.8) is 0 Å². The lowest BCUT2D eigenvalue weighted by Gasteiger charge is -2.40. The number of carbonyl (C=O) groups excluding carboxylic acids is 3. The zero-order valence-electron chi connectivity index (χ0n) is 11.6. The Hall–Kier alpha value is -1.39. The van der Waals surface area contributed by atoms with Crippen LogP contribution in [0.15, 0.2) is 0 Å². The predicted molar refractivity (Wildman–Crippen MR) is 70.5 cm³/mol. The van der Waals surface area contributed by atoms with Crippen LogP contribution >= 0.6 is 0 Å². The molecule has 0 aromatic carbocycles. The predicted octanol–water partition coefficient (Wildman–Crippen LogP) is 1.71. The van der Waals surface area contributed by atoms with Gasteiger partial charge >= 0.3 is 6.03 Å². The Labute approximate surface area is 113 Å². The van der Waals surface area contributed by atoms with Gasteiger partial charge in [-0.05, 0) is 24.7 Å². The standard InChI is InChI=1S/C14H22N2O3/c1-3-9(2)10-5-4-6-11(7-10)16-8-12(17)13(18)15-14(16)19/h9-11H,3-8H2,1-2H3,(H,15,18,19). The molecule has 1 aliphatic heterocycles. The second kappa shape index (κ2) is 5.72. The van der Waals surface area contributed by atoms with E-state index in [1.165, 1.54) is 6.42 Å². The number of Topliss-reactive ketones (excluding diaryl/α,β-unsaturated/α-hetero) is 1. The maximum atomic E-state index is 11.8. The minimum absolute atomic E-state index is 0.0530. The van der Waals surface area contributed by atoms with Crippen LogP contribution in [0.5, 0.6) is 0 Å². The Balaban J connectivity index is 2.02. The van der Waals surface area contributed by atoms with Crippen molar-refractivity contribution in [1.29, 1.82) is 0 Å². The highest BCUT2D eigenvalue weighted by atomic mass is 16.2. The Kier molecular flexibility index (Phi) is 4.22. The fraction of sp³-hybridized carbons (Fsp3) is 0.786. The first-order valence-electron chi connectivity index (χ1n) is 7.17. The van der Waals surface area contributed by atoms with Gasteiger partial charge in [0.05, 0.1) is 6.54 Å². The molecule has 0 radical (unpaired) electrons. The van der Waals surface area contributed by atoms with Crippen LogP contribution in [0.3, 0.4) is 0 Å². The highest BCUT2D eigenvalue weighted by molar-refractivity contribution is 6.41. The second-order valence-electron chi connectivity index (χ2n) is 5.78. The van der Waals surface area contributed by atoms with Gasteiger partial charge in [0.2, 0.25) is 5.78 Å². The molecule has 5 nitrogen and oxygen atoms in total. The van der Waals surface area contributed by atoms with Crippen molar-refractivity contribution >= 4 is 17.7 Å². The molecular formula is C14H22N2O3. The average molecular weight is 266 g/mol. The smallest absolute Gasteiger partial charge is 0.314 e. The SMILES string of the molecule is CCC(C)C1CCCC(N2CC(=O)C(=O)NC2=O)C1. The van der Waals surface area contributed by atoms with Gasteiger partial charge in [0, 0.05) is 6.04 Å². The fourth-order valence-electron chi connectivity index (χ4n) is 3.17. The number of imide groups is 1. The van der Waals surface area contributed by atoms with E-state index in [2.05, 4.69) is 19.2 Å². The van der Waals surface area contributed by atoms with E-state index >= 15 is 0 Å². The van der Waals surface area contributed by atoms with Gasteiger partial charge in [-0.25, -0.2) is 4.79 Å². The molecule has 0 aromatic heterocycles. The summed E-state index contributed by atoms with van der Waals surface area (Å²) >= 11 is 0. The summed E-state index contributed by atoms with van der Waals surface area (Å²) in [6, 6.07) is -0.302. The molecule has 3 atom stereocenters. The van der Waals surface area contributed by atoms with Crippen LogP contribution in [0.2, 0.25) is 0 Å². The number of nitrogens with zero attached hydrogens (tertiary/aromatic N) is 1. The summed E-state index contributed by atoms with van der Waals surface area (Å²) in [7, 11) is 0. The average Bonchev–Trinajstić information content (AvgIpc) is 2.42. The maximum Gasteiger partial charge on any atom is 0.325 e. The van der Waals surface area contributed by atoms with Gasteiger partial charge < -0.3 is 4.90 Å². The van der Waals surface area contributed by atoms with Crippen molar-refractivity contribution in [1.82, 2.24) is 10.2 Å². The lowest BCUT2D eigenvalue weighted by Crippen LogP contribution is -2.58. The number of urea groups is 1. The number of hydrogen-bond donors (Lipinski definition) is 1. The van der Waals surface area contributed by atoms with E-state index in [9.17, 15) is 14.4 Å². The summed E-state index contributed by atoms with van der Waals surface area (Å²) in [4.78, 5) is 36.0. The van der Waals surface area contributed by atoms with E-state index in [0.29, 0.717) is 11.8 Å². The molecule has 19 heavy (non-hydrogen) atoms. The summed E-state index contributed by atoms with van der Waals surface area (Å²) in [6.45, 7) is 4.38. The number of carbonyl (C=O) groups is 3. The van der Waals surface area contributed by atoms with E-state index in [-0.39, 0.29) is 12.6 Å². The van der Waals surface area contributed by atoms with E-state index in [1.807, 2.05) is 0 Å². The molecule has 2 rings (SSSR count). The van der Waals surface area contributed by atoms with Crippen molar-refractivity contribution in [2.75, 3.05) is 6.54 Å². The monoisotopic (exact) mass is 266 g/mol. The lowest BCUT2D eigenvalue weighted by molar-refractivity contribution is -0.139. The number of ketones is 1. The van der Waals surface area contributed by atoms with Crippen LogP contribution in [0.4, 0.5) is 4.79 Å². The van der Waals surface area contributed by atoms with Crippen molar-refractivity contribution in [2.24, 2.45) is 11.8 Å². The van der Waals surface area contributed by atoms with Crippen LogP contribution in [-0.4, -0.2) is 35.2 Å². The Morgan fingerprint density at radius 3 is 2.74 bits per heavy atom. The number of amides is 3. The van der Waals surface area contributed by atoms with Crippen LogP contribution in [0.25, 0.3) is 0 Å². The summed E-state index contributed by atoms with van der Waals surface area (Å²) in [5, 5.41) is 2.13. The molecule has 1 saturated carbocycles. The van der Waals surface area contributed by atoms with Gasteiger partial charge in [-0.15, -0.1) is 0 Å². The van der Waals surface area contributed by atoms with Gasteiger partial charge in [0.15, 0.2) is 0 Å². The third kappa shape index (κ3) is 2.96. The Morgan fingerprint density at radius 2 is 2.05 bits per heavy atom. The lowest BCUT2D eigenvalue weighted by atomic mass is 9.77. The van der Waals surface area contributed by atoms with Crippen LogP contribution in [0, 0.1) is 11.8 Å². The summed E-state index contributed by atoms with van der Waals surface area (Å²) in [5.74, 6) is -0.0157. The first-order chi connectivity index (χ1) is 9.02. The van der Waals surface area contributed by atoms with Crippen molar-refractivity contribution < 1.29 is 14.4 Å². The Morgan fingerprint density at radius 1 is 1.32 bits per heavy atom. The van der Waals surface area contributed by atoms with Crippen LogP contribution in [-0.2, 0) is 9.59 Å². The van der Waals surface area contributed by atoms with Gasteiger partial charge in [-0.1, -0.05) is 33.1 Å². The second-order valence-corrected chi connectivity index (χ2v) is 5.78. The minimum atomic E-state index is -0.768. The van der Waals surface area contributed by atoms with Gasteiger partial charge in [0.1, 0.15) is 0 Å². The molecule has 1 heterocycles. The third-order valence-electron chi connectivity index (χ3n) is 4.63. The summed E-state index contributed by atoms with van der Waals surface area (Å²) in [5.41, 5.74) is 0. The van der Waals surface area contributed by atoms with Gasteiger partial charge in [0.25, 0.3) is 5.91 Å². The molecule has 106 valence electrons. The van der Waals surface area contributed by atoms with E-state index < -0.39 is 17.7 Å². The van der Waals surface area contributed by atoms with E-state index in [4.69, 9.17) is 0 Å². The number of rotatable bonds is 3. The highest BCUT2D eigenvalue weighted by Crippen LogP contribution is 2.34. The Bertz CT molecular complexity index is 394. The van der Waals surface area contributed by atoms with Gasteiger partial charge in [-0.3, -0.25) is 14.9 Å². The molecule has 2 aliphatic rings. The van der Waals surface area contributed by atoms with Crippen molar-refractivity contribution in [3.8, 4) is 0 Å². The number of hydrogen-bond acceptors (Lipinski definition) is 3. The summed E-state index contributed by atoms with van der Waals surface area (Å²) in [6.07, 6.45) is 5.31. The molecule has 3 amide bonds. The molecule has 2 fully saturated rings. The molecule has 3 unspecified atom stereocenters.